The van der Waals surface area contributed by atoms with Crippen LogP contribution in [0.1, 0.15) is 17.9 Å². The summed E-state index contributed by atoms with van der Waals surface area (Å²) in [5.41, 5.74) is 1.96. The van der Waals surface area contributed by atoms with Gasteiger partial charge in [0.1, 0.15) is 0 Å². The molecule has 0 radical (unpaired) electrons. The lowest BCUT2D eigenvalue weighted by Crippen LogP contribution is -2.44. The Morgan fingerprint density at radius 2 is 2.24 bits per heavy atom. The zero-order valence-electron chi connectivity index (χ0n) is 9.43. The maximum Gasteiger partial charge on any atom is 0.311 e. The molecule has 2 heterocycles. The van der Waals surface area contributed by atoms with Crippen molar-refractivity contribution in [3.05, 3.63) is 29.8 Å². The lowest BCUT2D eigenvalue weighted by molar-refractivity contribution is -0.140. The molecule has 4 heteroatoms. The molecule has 3 atom stereocenters. The summed E-state index contributed by atoms with van der Waals surface area (Å²) in [7, 11) is 0. The maximum absolute atomic E-state index is 11.5. The largest absolute Gasteiger partial charge is 0.481 e. The summed E-state index contributed by atoms with van der Waals surface area (Å²) in [5, 5.41) is 13.0. The standard InChI is InChI=1S/C13H15NO2S/c15-13(16)12-8-3-1-2-4-10(8)14-11-5-6-17-7-9(11)12/h1-4,9,11-12,14H,5-7H2,(H,15,16). The number of rotatable bonds is 1. The Kier molecular flexibility index (Phi) is 2.74. The molecule has 0 bridgehead atoms. The number of carbonyl (C=O) groups is 1. The number of aliphatic carboxylic acids is 1. The van der Waals surface area contributed by atoms with Crippen LogP contribution in [-0.4, -0.2) is 28.6 Å². The van der Waals surface area contributed by atoms with Crippen molar-refractivity contribution in [3.63, 3.8) is 0 Å². The molecule has 2 N–H and O–H groups in total. The van der Waals surface area contributed by atoms with E-state index in [2.05, 4.69) is 5.32 Å². The van der Waals surface area contributed by atoms with Gasteiger partial charge in [0.2, 0.25) is 0 Å². The molecule has 1 fully saturated rings. The number of carboxylic acids is 1. The predicted octanol–water partition coefficient (Wildman–Crippen LogP) is 2.40. The first-order chi connectivity index (χ1) is 8.27. The quantitative estimate of drug-likeness (QED) is 0.802. The van der Waals surface area contributed by atoms with Crippen molar-refractivity contribution >= 4 is 23.4 Å². The van der Waals surface area contributed by atoms with Crippen LogP contribution in [0.25, 0.3) is 0 Å². The Morgan fingerprint density at radius 1 is 1.41 bits per heavy atom. The topological polar surface area (TPSA) is 49.3 Å². The van der Waals surface area contributed by atoms with Crippen molar-refractivity contribution in [1.82, 2.24) is 0 Å². The van der Waals surface area contributed by atoms with Crippen molar-refractivity contribution in [2.24, 2.45) is 5.92 Å². The number of hydrogen-bond acceptors (Lipinski definition) is 3. The second kappa shape index (κ2) is 4.26. The number of para-hydroxylation sites is 1. The van der Waals surface area contributed by atoms with E-state index in [-0.39, 0.29) is 11.8 Å². The lowest BCUT2D eigenvalue weighted by atomic mass is 9.77. The summed E-state index contributed by atoms with van der Waals surface area (Å²) in [5.74, 6) is 1.27. The van der Waals surface area contributed by atoms with E-state index in [1.54, 1.807) is 0 Å². The predicted molar refractivity (Wildman–Crippen MR) is 69.7 cm³/mol. The number of fused-ring (bicyclic) bond motifs is 2. The highest BCUT2D eigenvalue weighted by Crippen LogP contribution is 2.43. The molecule has 0 amide bonds. The molecule has 17 heavy (non-hydrogen) atoms. The Morgan fingerprint density at radius 3 is 3.06 bits per heavy atom. The molecule has 2 aliphatic rings. The van der Waals surface area contributed by atoms with Gasteiger partial charge in [-0.3, -0.25) is 4.79 Å². The van der Waals surface area contributed by atoms with Crippen molar-refractivity contribution < 1.29 is 9.90 Å². The van der Waals surface area contributed by atoms with Crippen molar-refractivity contribution in [2.75, 3.05) is 16.8 Å². The molecule has 0 aromatic heterocycles. The highest BCUT2D eigenvalue weighted by Gasteiger charge is 2.41. The third kappa shape index (κ3) is 1.80. The highest BCUT2D eigenvalue weighted by atomic mass is 32.2. The number of nitrogens with one attached hydrogen (secondary N) is 1. The lowest BCUT2D eigenvalue weighted by Gasteiger charge is -2.41. The van der Waals surface area contributed by atoms with Crippen LogP contribution in [-0.2, 0) is 4.79 Å². The molecule has 3 unspecified atom stereocenters. The Labute approximate surface area is 105 Å². The van der Waals surface area contributed by atoms with Crippen LogP contribution in [0.15, 0.2) is 24.3 Å². The normalized spacial score (nSPS) is 30.9. The van der Waals surface area contributed by atoms with E-state index in [0.717, 1.165) is 29.2 Å². The molecule has 3 nitrogen and oxygen atoms in total. The van der Waals surface area contributed by atoms with Gasteiger partial charge in [-0.15, -0.1) is 0 Å². The molecule has 1 aromatic carbocycles. The second-order valence-electron chi connectivity index (χ2n) is 4.68. The Bertz CT molecular complexity index is 449. The van der Waals surface area contributed by atoms with E-state index in [1.165, 1.54) is 0 Å². The molecule has 0 spiro atoms. The summed E-state index contributed by atoms with van der Waals surface area (Å²) < 4.78 is 0. The third-order valence-electron chi connectivity index (χ3n) is 3.73. The fourth-order valence-corrected chi connectivity index (χ4v) is 4.20. The van der Waals surface area contributed by atoms with Gasteiger partial charge in [-0.1, -0.05) is 18.2 Å². The van der Waals surface area contributed by atoms with Gasteiger partial charge in [0.25, 0.3) is 0 Å². The minimum absolute atomic E-state index is 0.223. The summed E-state index contributed by atoms with van der Waals surface area (Å²) in [6, 6.07) is 8.14. The summed E-state index contributed by atoms with van der Waals surface area (Å²) in [6.45, 7) is 0. The van der Waals surface area contributed by atoms with Gasteiger partial charge in [-0.25, -0.2) is 0 Å². The molecule has 1 saturated heterocycles. The van der Waals surface area contributed by atoms with Crippen molar-refractivity contribution in [2.45, 2.75) is 18.4 Å². The first-order valence-electron chi connectivity index (χ1n) is 5.93. The van der Waals surface area contributed by atoms with Crippen LogP contribution < -0.4 is 5.32 Å². The van der Waals surface area contributed by atoms with Crippen LogP contribution in [0, 0.1) is 5.92 Å². The number of anilines is 1. The van der Waals surface area contributed by atoms with E-state index >= 15 is 0 Å². The fraction of sp³-hybridized carbons (Fsp3) is 0.462. The monoisotopic (exact) mass is 249 g/mol. The van der Waals surface area contributed by atoms with E-state index in [9.17, 15) is 9.90 Å². The molecule has 90 valence electrons. The first-order valence-corrected chi connectivity index (χ1v) is 7.09. The van der Waals surface area contributed by atoms with Gasteiger partial charge in [-0.05, 0) is 29.6 Å². The average molecular weight is 249 g/mol. The van der Waals surface area contributed by atoms with E-state index in [1.807, 2.05) is 36.0 Å². The number of hydrogen-bond donors (Lipinski definition) is 2. The van der Waals surface area contributed by atoms with Crippen LogP contribution in [0.5, 0.6) is 0 Å². The van der Waals surface area contributed by atoms with Crippen LogP contribution >= 0.6 is 11.8 Å². The summed E-state index contributed by atoms with van der Waals surface area (Å²) in [6.07, 6.45) is 1.06. The molecule has 1 aromatic rings. The Hall–Kier alpha value is -1.16. The fourth-order valence-electron chi connectivity index (χ4n) is 2.91. The van der Waals surface area contributed by atoms with Gasteiger partial charge in [-0.2, -0.15) is 11.8 Å². The van der Waals surface area contributed by atoms with Gasteiger partial charge >= 0.3 is 5.97 Å². The number of carboxylic acid groups (broad SMARTS) is 1. The molecule has 0 saturated carbocycles. The summed E-state index contributed by atoms with van der Waals surface area (Å²) in [4.78, 5) is 11.5. The van der Waals surface area contributed by atoms with E-state index < -0.39 is 5.97 Å². The zero-order chi connectivity index (χ0) is 11.8. The van der Waals surface area contributed by atoms with E-state index in [0.29, 0.717) is 6.04 Å². The zero-order valence-corrected chi connectivity index (χ0v) is 10.2. The van der Waals surface area contributed by atoms with Gasteiger partial charge < -0.3 is 10.4 Å². The van der Waals surface area contributed by atoms with Crippen LogP contribution in [0.3, 0.4) is 0 Å². The second-order valence-corrected chi connectivity index (χ2v) is 5.83. The number of thioether (sulfide) groups is 1. The van der Waals surface area contributed by atoms with Crippen molar-refractivity contribution in [1.29, 1.82) is 0 Å². The van der Waals surface area contributed by atoms with Gasteiger partial charge in [0.05, 0.1) is 5.92 Å². The smallest absolute Gasteiger partial charge is 0.311 e. The molecule has 2 aliphatic heterocycles. The van der Waals surface area contributed by atoms with E-state index in [4.69, 9.17) is 0 Å². The summed E-state index contributed by atoms with van der Waals surface area (Å²) >= 11 is 1.87. The minimum atomic E-state index is -0.684. The van der Waals surface area contributed by atoms with Crippen LogP contribution in [0.2, 0.25) is 0 Å². The molecule has 0 aliphatic carbocycles. The number of benzene rings is 1. The maximum atomic E-state index is 11.5. The average Bonchev–Trinajstić information content (AvgIpc) is 2.35. The van der Waals surface area contributed by atoms with Gasteiger partial charge in [0, 0.05) is 17.6 Å². The molecular formula is C13H15NO2S. The molecule has 3 rings (SSSR count). The Balaban J connectivity index is 2.05. The highest BCUT2D eigenvalue weighted by molar-refractivity contribution is 7.99. The van der Waals surface area contributed by atoms with Crippen LogP contribution in [0.4, 0.5) is 5.69 Å². The SMILES string of the molecule is O=C(O)C1c2ccccc2NC2CCSCC21. The minimum Gasteiger partial charge on any atom is -0.481 e. The van der Waals surface area contributed by atoms with Gasteiger partial charge in [0.15, 0.2) is 0 Å². The van der Waals surface area contributed by atoms with Crippen molar-refractivity contribution in [3.8, 4) is 0 Å². The molecular weight excluding hydrogens is 234 g/mol. The third-order valence-corrected chi connectivity index (χ3v) is 4.88. The first kappa shape index (κ1) is 11.0.